The van der Waals surface area contributed by atoms with Crippen molar-refractivity contribution >= 4 is 29.3 Å². The lowest BCUT2D eigenvalue weighted by Crippen LogP contribution is -2.29. The summed E-state index contributed by atoms with van der Waals surface area (Å²) in [5, 5.41) is 0. The number of aryl methyl sites for hydroxylation is 2. The Labute approximate surface area is 272 Å². The number of anilines is 1. The Bertz CT molecular complexity index is 1980. The zero-order valence-electron chi connectivity index (χ0n) is 26.1. The minimum absolute atomic E-state index is 0.0494. The molecule has 1 aliphatic rings. The highest BCUT2D eigenvalue weighted by molar-refractivity contribution is 6.34. The maximum atomic E-state index is 13.4. The average molecular weight is 626 g/mol. The summed E-state index contributed by atoms with van der Waals surface area (Å²) in [6.45, 7) is 5.81. The third-order valence-electron chi connectivity index (χ3n) is 7.83. The molecule has 6 rings (SSSR count). The second-order valence-corrected chi connectivity index (χ2v) is 11.3. The number of nitrogens with zero attached hydrogens (tertiary/aromatic N) is 1. The van der Waals surface area contributed by atoms with Gasteiger partial charge in [0.1, 0.15) is 23.9 Å². The molecule has 0 saturated heterocycles. The van der Waals surface area contributed by atoms with E-state index >= 15 is 0 Å². The van der Waals surface area contributed by atoms with E-state index in [2.05, 4.69) is 0 Å². The SMILES string of the molecule is Cc1ccc(C)c(Oc2ccc(N3C(=O)c4ccc(C(=O)OC(C)C(=O)c5ccc(OCc6ccccc6)cc5)cc4C3=O)cc2)c1. The molecule has 1 unspecified atom stereocenters. The van der Waals surface area contributed by atoms with Gasteiger partial charge in [0.25, 0.3) is 11.8 Å². The molecule has 1 aliphatic heterocycles. The Kier molecular flexibility index (Phi) is 8.67. The third kappa shape index (κ3) is 6.67. The molecule has 1 atom stereocenters. The van der Waals surface area contributed by atoms with Gasteiger partial charge >= 0.3 is 5.97 Å². The van der Waals surface area contributed by atoms with Gasteiger partial charge in [-0.1, -0.05) is 42.5 Å². The molecule has 0 aromatic heterocycles. The number of ether oxygens (including phenoxy) is 3. The normalized spacial score (nSPS) is 12.8. The summed E-state index contributed by atoms with van der Waals surface area (Å²) in [6, 6.07) is 33.0. The second-order valence-electron chi connectivity index (χ2n) is 11.3. The van der Waals surface area contributed by atoms with E-state index in [1.807, 2.05) is 62.4 Å². The minimum atomic E-state index is -1.09. The van der Waals surface area contributed by atoms with Crippen molar-refractivity contribution in [3.63, 3.8) is 0 Å². The van der Waals surface area contributed by atoms with Gasteiger partial charge in [-0.2, -0.15) is 0 Å². The highest BCUT2D eigenvalue weighted by atomic mass is 16.5. The molecule has 0 N–H and O–H groups in total. The van der Waals surface area contributed by atoms with Gasteiger partial charge in [-0.3, -0.25) is 14.4 Å². The van der Waals surface area contributed by atoms with Crippen molar-refractivity contribution in [2.45, 2.75) is 33.5 Å². The van der Waals surface area contributed by atoms with Crippen LogP contribution in [0.1, 0.15) is 65.0 Å². The molecule has 0 fully saturated rings. The van der Waals surface area contributed by atoms with Crippen molar-refractivity contribution in [2.24, 2.45) is 0 Å². The number of rotatable bonds is 10. The fourth-order valence-corrected chi connectivity index (χ4v) is 5.18. The van der Waals surface area contributed by atoms with Crippen molar-refractivity contribution < 1.29 is 33.4 Å². The molecular weight excluding hydrogens is 594 g/mol. The largest absolute Gasteiger partial charge is 0.489 e. The fourth-order valence-electron chi connectivity index (χ4n) is 5.18. The first-order valence-electron chi connectivity index (χ1n) is 15.1. The van der Waals surface area contributed by atoms with Crippen molar-refractivity contribution in [2.75, 3.05) is 4.90 Å². The number of hydrogen-bond acceptors (Lipinski definition) is 7. The van der Waals surface area contributed by atoms with E-state index in [1.54, 1.807) is 48.5 Å². The van der Waals surface area contributed by atoms with E-state index in [0.29, 0.717) is 29.4 Å². The topological polar surface area (TPSA) is 99.2 Å². The van der Waals surface area contributed by atoms with Crippen molar-refractivity contribution in [1.29, 1.82) is 0 Å². The molecule has 8 nitrogen and oxygen atoms in total. The Morgan fingerprint density at radius 3 is 2.09 bits per heavy atom. The first-order chi connectivity index (χ1) is 22.7. The number of hydrogen-bond donors (Lipinski definition) is 0. The first kappa shape index (κ1) is 31.0. The molecule has 2 amide bonds. The van der Waals surface area contributed by atoms with Gasteiger partial charge in [0.2, 0.25) is 5.78 Å². The van der Waals surface area contributed by atoms with E-state index in [-0.39, 0.29) is 16.7 Å². The quantitative estimate of drug-likeness (QED) is 0.0884. The molecule has 47 heavy (non-hydrogen) atoms. The average Bonchev–Trinajstić information content (AvgIpc) is 3.34. The summed E-state index contributed by atoms with van der Waals surface area (Å²) in [5.74, 6) is -0.381. The standard InChI is InChI=1S/C39H31NO7/c1-24-9-10-25(2)35(21-24)47-32-18-14-30(15-19-32)40-37(42)33-20-13-29(22-34(33)38(40)43)39(44)46-26(3)36(41)28-11-16-31(17-12-28)45-23-27-7-5-4-6-8-27/h4-22,26H,23H2,1-3H3. The van der Waals surface area contributed by atoms with E-state index < -0.39 is 29.7 Å². The molecule has 0 bridgehead atoms. The van der Waals surface area contributed by atoms with Crippen LogP contribution in [0.3, 0.4) is 0 Å². The Morgan fingerprint density at radius 2 is 1.36 bits per heavy atom. The number of esters is 1. The fraction of sp³-hybridized carbons (Fsp3) is 0.128. The van der Waals surface area contributed by atoms with Gasteiger partial charge in [-0.05, 0) is 110 Å². The summed E-state index contributed by atoms with van der Waals surface area (Å²) in [6.07, 6.45) is -1.09. The molecule has 1 heterocycles. The van der Waals surface area contributed by atoms with Crippen LogP contribution in [0.2, 0.25) is 0 Å². The van der Waals surface area contributed by atoms with Gasteiger partial charge in [0.15, 0.2) is 6.10 Å². The molecule has 234 valence electrons. The van der Waals surface area contributed by atoms with Gasteiger partial charge < -0.3 is 14.2 Å². The number of fused-ring (bicyclic) bond motifs is 1. The first-order valence-corrected chi connectivity index (χ1v) is 15.1. The molecule has 5 aromatic carbocycles. The van der Waals surface area contributed by atoms with Crippen LogP contribution in [0.5, 0.6) is 17.2 Å². The van der Waals surface area contributed by atoms with Crippen LogP contribution < -0.4 is 14.4 Å². The van der Waals surface area contributed by atoms with Crippen molar-refractivity contribution in [3.05, 3.63) is 154 Å². The number of ketones is 1. The Hall–Kier alpha value is -6.02. The highest BCUT2D eigenvalue weighted by Gasteiger charge is 2.37. The van der Waals surface area contributed by atoms with Crippen LogP contribution in [-0.2, 0) is 11.3 Å². The monoisotopic (exact) mass is 625 g/mol. The number of carbonyl (C=O) groups is 4. The van der Waals surface area contributed by atoms with E-state index in [1.165, 1.54) is 25.1 Å². The maximum absolute atomic E-state index is 13.4. The molecule has 8 heteroatoms. The van der Waals surface area contributed by atoms with Crippen molar-refractivity contribution in [3.8, 4) is 17.2 Å². The molecule has 0 spiro atoms. The summed E-state index contributed by atoms with van der Waals surface area (Å²) < 4.78 is 17.2. The lowest BCUT2D eigenvalue weighted by Gasteiger charge is -2.15. The lowest BCUT2D eigenvalue weighted by atomic mass is 10.1. The lowest BCUT2D eigenvalue weighted by molar-refractivity contribution is 0.0318. The summed E-state index contributed by atoms with van der Waals surface area (Å²) in [5.41, 5.74) is 4.07. The number of carbonyl (C=O) groups excluding carboxylic acids is 4. The van der Waals surface area contributed by atoms with Crippen LogP contribution in [0.15, 0.2) is 115 Å². The van der Waals surface area contributed by atoms with Gasteiger partial charge in [-0.15, -0.1) is 0 Å². The van der Waals surface area contributed by atoms with Crippen LogP contribution in [0.4, 0.5) is 5.69 Å². The second kappa shape index (κ2) is 13.1. The number of imide groups is 1. The van der Waals surface area contributed by atoms with Crippen LogP contribution in [-0.4, -0.2) is 29.7 Å². The smallest absolute Gasteiger partial charge is 0.338 e. The molecule has 0 radical (unpaired) electrons. The predicted octanol–water partition coefficient (Wildman–Crippen LogP) is 7.90. The van der Waals surface area contributed by atoms with Crippen LogP contribution in [0, 0.1) is 13.8 Å². The van der Waals surface area contributed by atoms with E-state index in [0.717, 1.165) is 27.3 Å². The van der Waals surface area contributed by atoms with Crippen molar-refractivity contribution in [1.82, 2.24) is 0 Å². The van der Waals surface area contributed by atoms with Crippen LogP contribution >= 0.6 is 0 Å². The van der Waals surface area contributed by atoms with E-state index in [9.17, 15) is 19.2 Å². The molecule has 0 saturated carbocycles. The zero-order chi connectivity index (χ0) is 33.1. The molecular formula is C39H31NO7. The summed E-state index contributed by atoms with van der Waals surface area (Å²) in [7, 11) is 0. The minimum Gasteiger partial charge on any atom is -0.489 e. The predicted molar refractivity (Wildman–Crippen MR) is 176 cm³/mol. The Balaban J connectivity index is 1.09. The van der Waals surface area contributed by atoms with E-state index in [4.69, 9.17) is 14.2 Å². The van der Waals surface area contributed by atoms with Crippen LogP contribution in [0.25, 0.3) is 0 Å². The number of amides is 2. The van der Waals surface area contributed by atoms with Gasteiger partial charge in [-0.25, -0.2) is 9.69 Å². The summed E-state index contributed by atoms with van der Waals surface area (Å²) >= 11 is 0. The van der Waals surface area contributed by atoms with Gasteiger partial charge in [0, 0.05) is 5.56 Å². The zero-order valence-corrected chi connectivity index (χ0v) is 26.1. The third-order valence-corrected chi connectivity index (χ3v) is 7.83. The maximum Gasteiger partial charge on any atom is 0.338 e. The van der Waals surface area contributed by atoms with Gasteiger partial charge in [0.05, 0.1) is 22.4 Å². The molecule has 0 aliphatic carbocycles. The highest BCUT2D eigenvalue weighted by Crippen LogP contribution is 2.32. The molecule has 5 aromatic rings. The Morgan fingerprint density at radius 1 is 0.702 bits per heavy atom. The number of Topliss-reactive ketones (excluding diaryl/α,β-unsaturated/α-hetero) is 1. The number of benzene rings is 5. The summed E-state index contributed by atoms with van der Waals surface area (Å²) in [4.78, 5) is 53.7.